The summed E-state index contributed by atoms with van der Waals surface area (Å²) in [5.41, 5.74) is 6.32. The molecule has 0 saturated heterocycles. The number of rotatable bonds is 4. The van der Waals surface area contributed by atoms with Crippen molar-refractivity contribution in [1.82, 2.24) is 9.88 Å². The number of carbonyl (C=O) groups excluding carboxylic acids is 1. The Morgan fingerprint density at radius 2 is 2.14 bits per heavy atom. The highest BCUT2D eigenvalue weighted by atomic mass is 16.1. The summed E-state index contributed by atoms with van der Waals surface area (Å²) in [7, 11) is 1.87. The van der Waals surface area contributed by atoms with Gasteiger partial charge in [-0.3, -0.25) is 14.7 Å². The molecule has 14 heavy (non-hydrogen) atoms. The molecule has 1 amide bonds. The molecule has 0 saturated carbocycles. The van der Waals surface area contributed by atoms with Crippen molar-refractivity contribution in [2.24, 2.45) is 5.73 Å². The van der Waals surface area contributed by atoms with Crippen molar-refractivity contribution in [2.75, 3.05) is 7.05 Å². The van der Waals surface area contributed by atoms with Crippen LogP contribution in [0.2, 0.25) is 0 Å². The number of primary amides is 1. The zero-order valence-corrected chi connectivity index (χ0v) is 8.47. The van der Waals surface area contributed by atoms with Gasteiger partial charge in [0.25, 0.3) is 0 Å². The summed E-state index contributed by atoms with van der Waals surface area (Å²) >= 11 is 0. The highest BCUT2D eigenvalue weighted by Gasteiger charge is 2.14. The molecule has 0 bridgehead atoms. The van der Waals surface area contributed by atoms with Gasteiger partial charge in [0.2, 0.25) is 5.91 Å². The first-order valence-corrected chi connectivity index (χ1v) is 4.49. The molecule has 0 radical (unpaired) electrons. The topological polar surface area (TPSA) is 59.2 Å². The van der Waals surface area contributed by atoms with Gasteiger partial charge >= 0.3 is 0 Å². The second kappa shape index (κ2) is 4.72. The third-order valence-electron chi connectivity index (χ3n) is 2.25. The Kier molecular flexibility index (Phi) is 3.59. The minimum absolute atomic E-state index is 0.247. The Bertz CT molecular complexity index is 299. The summed E-state index contributed by atoms with van der Waals surface area (Å²) in [6.45, 7) is 2.50. The van der Waals surface area contributed by atoms with E-state index in [1.165, 1.54) is 0 Å². The molecule has 2 N–H and O–H groups in total. The quantitative estimate of drug-likeness (QED) is 0.752. The van der Waals surface area contributed by atoms with E-state index in [0.29, 0.717) is 6.54 Å². The van der Waals surface area contributed by atoms with Crippen LogP contribution in [0, 0.1) is 0 Å². The lowest BCUT2D eigenvalue weighted by Crippen LogP contribution is -2.39. The van der Waals surface area contributed by atoms with E-state index in [2.05, 4.69) is 4.98 Å². The van der Waals surface area contributed by atoms with Crippen molar-refractivity contribution in [3.8, 4) is 0 Å². The van der Waals surface area contributed by atoms with E-state index in [1.54, 1.807) is 19.3 Å². The summed E-state index contributed by atoms with van der Waals surface area (Å²) in [4.78, 5) is 16.7. The van der Waals surface area contributed by atoms with Crippen molar-refractivity contribution in [3.63, 3.8) is 0 Å². The Morgan fingerprint density at radius 3 is 2.64 bits per heavy atom. The van der Waals surface area contributed by atoms with Crippen LogP contribution in [0.25, 0.3) is 0 Å². The lowest BCUT2D eigenvalue weighted by Gasteiger charge is -2.21. The van der Waals surface area contributed by atoms with E-state index in [0.717, 1.165) is 5.56 Å². The van der Waals surface area contributed by atoms with Crippen LogP contribution in [0.4, 0.5) is 0 Å². The van der Waals surface area contributed by atoms with Crippen LogP contribution in [0.3, 0.4) is 0 Å². The highest BCUT2D eigenvalue weighted by molar-refractivity contribution is 5.79. The Hall–Kier alpha value is -1.42. The summed E-state index contributed by atoms with van der Waals surface area (Å²) in [5.74, 6) is -0.304. The molecular weight excluding hydrogens is 178 g/mol. The van der Waals surface area contributed by atoms with Crippen molar-refractivity contribution in [1.29, 1.82) is 0 Å². The number of pyridine rings is 1. The monoisotopic (exact) mass is 193 g/mol. The van der Waals surface area contributed by atoms with Crippen LogP contribution in [0.1, 0.15) is 12.5 Å². The standard InChI is InChI=1S/C10H15N3O/c1-8(10(11)14)13(2)7-9-3-5-12-6-4-9/h3-6,8H,7H2,1-2H3,(H2,11,14). The lowest BCUT2D eigenvalue weighted by atomic mass is 10.2. The van der Waals surface area contributed by atoms with Crippen molar-refractivity contribution < 1.29 is 4.79 Å². The molecule has 1 atom stereocenters. The Labute approximate surface area is 83.7 Å². The number of aromatic nitrogens is 1. The molecule has 4 heteroatoms. The lowest BCUT2D eigenvalue weighted by molar-refractivity contribution is -0.122. The van der Waals surface area contributed by atoms with E-state index < -0.39 is 0 Å². The Morgan fingerprint density at radius 1 is 1.57 bits per heavy atom. The molecule has 1 aromatic heterocycles. The maximum absolute atomic E-state index is 10.9. The first-order chi connectivity index (χ1) is 6.61. The van der Waals surface area contributed by atoms with Crippen LogP contribution in [0.5, 0.6) is 0 Å². The molecule has 0 aromatic carbocycles. The number of amides is 1. The van der Waals surface area contributed by atoms with Gasteiger partial charge in [0, 0.05) is 18.9 Å². The van der Waals surface area contributed by atoms with Crippen molar-refractivity contribution in [3.05, 3.63) is 30.1 Å². The fourth-order valence-electron chi connectivity index (χ4n) is 1.13. The molecule has 0 aliphatic heterocycles. The molecule has 1 rings (SSSR count). The van der Waals surface area contributed by atoms with Gasteiger partial charge in [0.05, 0.1) is 6.04 Å². The van der Waals surface area contributed by atoms with E-state index >= 15 is 0 Å². The summed E-state index contributed by atoms with van der Waals surface area (Å²) < 4.78 is 0. The normalized spacial score (nSPS) is 12.8. The van der Waals surface area contributed by atoms with E-state index in [9.17, 15) is 4.79 Å². The SMILES string of the molecule is CC(C(N)=O)N(C)Cc1ccncc1. The minimum atomic E-state index is -0.304. The maximum Gasteiger partial charge on any atom is 0.234 e. The molecule has 1 aromatic rings. The molecule has 0 fully saturated rings. The molecule has 1 heterocycles. The molecule has 1 unspecified atom stereocenters. The summed E-state index contributed by atoms with van der Waals surface area (Å²) in [6, 6.07) is 3.59. The Balaban J connectivity index is 2.57. The van der Waals surface area contributed by atoms with Gasteiger partial charge in [-0.05, 0) is 31.7 Å². The molecular formula is C10H15N3O. The van der Waals surface area contributed by atoms with Gasteiger partial charge in [0.1, 0.15) is 0 Å². The fourth-order valence-corrected chi connectivity index (χ4v) is 1.13. The molecule has 4 nitrogen and oxygen atoms in total. The predicted octanol–water partition coefficient (Wildman–Crippen LogP) is 0.387. The largest absolute Gasteiger partial charge is 0.368 e. The second-order valence-electron chi connectivity index (χ2n) is 3.35. The average Bonchev–Trinajstić information content (AvgIpc) is 2.18. The van der Waals surface area contributed by atoms with Gasteiger partial charge in [-0.1, -0.05) is 0 Å². The third kappa shape index (κ3) is 2.81. The molecule has 0 spiro atoms. The van der Waals surface area contributed by atoms with Gasteiger partial charge in [-0.25, -0.2) is 0 Å². The predicted molar refractivity (Wildman–Crippen MR) is 54.4 cm³/mol. The number of hydrogen-bond acceptors (Lipinski definition) is 3. The zero-order chi connectivity index (χ0) is 10.6. The zero-order valence-electron chi connectivity index (χ0n) is 8.47. The smallest absolute Gasteiger partial charge is 0.234 e. The van der Waals surface area contributed by atoms with Crippen LogP contribution in [-0.4, -0.2) is 28.9 Å². The van der Waals surface area contributed by atoms with Crippen LogP contribution in [0.15, 0.2) is 24.5 Å². The first kappa shape index (κ1) is 10.7. The van der Waals surface area contributed by atoms with E-state index in [1.807, 2.05) is 24.1 Å². The fraction of sp³-hybridized carbons (Fsp3) is 0.400. The van der Waals surface area contributed by atoms with Crippen LogP contribution >= 0.6 is 0 Å². The summed E-state index contributed by atoms with van der Waals surface area (Å²) in [5, 5.41) is 0. The minimum Gasteiger partial charge on any atom is -0.368 e. The van der Waals surface area contributed by atoms with Crippen molar-refractivity contribution in [2.45, 2.75) is 19.5 Å². The number of hydrogen-bond donors (Lipinski definition) is 1. The summed E-state index contributed by atoms with van der Waals surface area (Å²) in [6.07, 6.45) is 3.47. The van der Waals surface area contributed by atoms with Gasteiger partial charge in [0.15, 0.2) is 0 Å². The average molecular weight is 193 g/mol. The third-order valence-corrected chi connectivity index (χ3v) is 2.25. The second-order valence-corrected chi connectivity index (χ2v) is 3.35. The van der Waals surface area contributed by atoms with Gasteiger partial charge in [-0.2, -0.15) is 0 Å². The van der Waals surface area contributed by atoms with Gasteiger partial charge in [-0.15, -0.1) is 0 Å². The number of carbonyl (C=O) groups is 1. The van der Waals surface area contributed by atoms with Crippen LogP contribution < -0.4 is 5.73 Å². The number of nitrogens with zero attached hydrogens (tertiary/aromatic N) is 2. The number of likely N-dealkylation sites (N-methyl/N-ethyl adjacent to an activating group) is 1. The number of nitrogens with two attached hydrogens (primary N) is 1. The van der Waals surface area contributed by atoms with Crippen LogP contribution in [-0.2, 0) is 11.3 Å². The van der Waals surface area contributed by atoms with E-state index in [-0.39, 0.29) is 11.9 Å². The highest BCUT2D eigenvalue weighted by Crippen LogP contribution is 2.04. The van der Waals surface area contributed by atoms with Gasteiger partial charge < -0.3 is 5.73 Å². The van der Waals surface area contributed by atoms with Crippen molar-refractivity contribution >= 4 is 5.91 Å². The maximum atomic E-state index is 10.9. The molecule has 0 aliphatic carbocycles. The van der Waals surface area contributed by atoms with E-state index in [4.69, 9.17) is 5.73 Å². The molecule has 0 aliphatic rings. The first-order valence-electron chi connectivity index (χ1n) is 4.49. The molecule has 76 valence electrons.